The molecule has 0 saturated carbocycles. The van der Waals surface area contributed by atoms with E-state index in [2.05, 4.69) is 6.58 Å². The lowest BCUT2D eigenvalue weighted by atomic mass is 10.1. The van der Waals surface area contributed by atoms with Crippen LogP contribution in [0.3, 0.4) is 0 Å². The third kappa shape index (κ3) is 1.64. The average Bonchev–Trinajstić information content (AvgIpc) is 2.98. The van der Waals surface area contributed by atoms with Crippen molar-refractivity contribution in [3.63, 3.8) is 0 Å². The van der Waals surface area contributed by atoms with E-state index in [0.717, 1.165) is 5.56 Å². The van der Waals surface area contributed by atoms with Gasteiger partial charge in [-0.3, -0.25) is 0 Å². The molecule has 1 heterocycles. The topological polar surface area (TPSA) is 32.8 Å². The van der Waals surface area contributed by atoms with E-state index in [1.54, 1.807) is 0 Å². The molecular formula is C11H12O2. The number of epoxide rings is 1. The van der Waals surface area contributed by atoms with Crippen LogP contribution in [0.15, 0.2) is 43.0 Å². The van der Waals surface area contributed by atoms with Gasteiger partial charge in [-0.05, 0) is 5.56 Å². The van der Waals surface area contributed by atoms with Gasteiger partial charge in [0.05, 0.1) is 0 Å². The smallest absolute Gasteiger partial charge is 0.118 e. The number of hydrogen-bond acceptors (Lipinski definition) is 2. The molecule has 1 saturated heterocycles. The van der Waals surface area contributed by atoms with Crippen LogP contribution in [0.25, 0.3) is 0 Å². The molecule has 2 nitrogen and oxygen atoms in total. The standard InChI is InChI=1S/C11H12O2/c1-2-9(12)11-10(13-11)8-6-4-3-5-7-8/h2-7,9-12H,1H2/t9?,10-,11-/m1/s1. The third-order valence-electron chi connectivity index (χ3n) is 2.23. The van der Waals surface area contributed by atoms with Gasteiger partial charge in [-0.1, -0.05) is 36.4 Å². The fourth-order valence-electron chi connectivity index (χ4n) is 1.43. The van der Waals surface area contributed by atoms with Gasteiger partial charge in [0.2, 0.25) is 0 Å². The Bertz CT molecular complexity index is 294. The summed E-state index contributed by atoms with van der Waals surface area (Å²) in [5.74, 6) is 0. The molecule has 2 heteroatoms. The summed E-state index contributed by atoms with van der Waals surface area (Å²) in [7, 11) is 0. The van der Waals surface area contributed by atoms with Crippen molar-refractivity contribution in [3.8, 4) is 0 Å². The second-order valence-electron chi connectivity index (χ2n) is 3.16. The summed E-state index contributed by atoms with van der Waals surface area (Å²) in [5, 5.41) is 9.39. The molecule has 1 aliphatic rings. The van der Waals surface area contributed by atoms with Gasteiger partial charge in [-0.15, -0.1) is 6.58 Å². The summed E-state index contributed by atoms with van der Waals surface area (Å²) in [5.41, 5.74) is 1.12. The van der Waals surface area contributed by atoms with Crippen molar-refractivity contribution in [2.24, 2.45) is 0 Å². The van der Waals surface area contributed by atoms with Crippen molar-refractivity contribution in [2.75, 3.05) is 0 Å². The van der Waals surface area contributed by atoms with Gasteiger partial charge >= 0.3 is 0 Å². The lowest BCUT2D eigenvalue weighted by molar-refractivity contribution is 0.178. The van der Waals surface area contributed by atoms with E-state index in [1.165, 1.54) is 6.08 Å². The van der Waals surface area contributed by atoms with Gasteiger partial charge in [0, 0.05) is 0 Å². The zero-order chi connectivity index (χ0) is 9.26. The maximum atomic E-state index is 9.39. The first-order chi connectivity index (χ1) is 6.33. The highest BCUT2D eigenvalue weighted by atomic mass is 16.6. The van der Waals surface area contributed by atoms with Crippen LogP contribution in [0.5, 0.6) is 0 Å². The summed E-state index contributed by atoms with van der Waals surface area (Å²) >= 11 is 0. The Hall–Kier alpha value is -1.12. The molecule has 0 amide bonds. The van der Waals surface area contributed by atoms with Crippen molar-refractivity contribution in [1.29, 1.82) is 0 Å². The SMILES string of the molecule is C=CC(O)[C@H]1O[C@@H]1c1ccccc1. The first kappa shape index (κ1) is 8.48. The van der Waals surface area contributed by atoms with Crippen molar-refractivity contribution in [2.45, 2.75) is 18.3 Å². The van der Waals surface area contributed by atoms with E-state index in [1.807, 2.05) is 30.3 Å². The molecule has 68 valence electrons. The Labute approximate surface area is 77.5 Å². The van der Waals surface area contributed by atoms with Gasteiger partial charge in [0.25, 0.3) is 0 Å². The van der Waals surface area contributed by atoms with E-state index in [4.69, 9.17) is 4.74 Å². The van der Waals surface area contributed by atoms with Gasteiger partial charge in [0.15, 0.2) is 0 Å². The average molecular weight is 176 g/mol. The maximum Gasteiger partial charge on any atom is 0.118 e. The second kappa shape index (κ2) is 3.32. The van der Waals surface area contributed by atoms with E-state index >= 15 is 0 Å². The molecule has 0 bridgehead atoms. The van der Waals surface area contributed by atoms with Gasteiger partial charge < -0.3 is 9.84 Å². The molecule has 2 rings (SSSR count). The van der Waals surface area contributed by atoms with Crippen LogP contribution in [0.4, 0.5) is 0 Å². The van der Waals surface area contributed by atoms with Crippen molar-refractivity contribution in [1.82, 2.24) is 0 Å². The number of aliphatic hydroxyl groups excluding tert-OH is 1. The van der Waals surface area contributed by atoms with Crippen LogP contribution in [0.1, 0.15) is 11.7 Å². The van der Waals surface area contributed by atoms with E-state index < -0.39 is 6.10 Å². The molecule has 1 aliphatic heterocycles. The molecule has 1 aromatic carbocycles. The number of ether oxygens (including phenoxy) is 1. The van der Waals surface area contributed by atoms with Gasteiger partial charge in [0.1, 0.15) is 18.3 Å². The first-order valence-electron chi connectivity index (χ1n) is 4.34. The minimum absolute atomic E-state index is 0.0502. The van der Waals surface area contributed by atoms with Gasteiger partial charge in [-0.2, -0.15) is 0 Å². The fourth-order valence-corrected chi connectivity index (χ4v) is 1.43. The highest BCUT2D eigenvalue weighted by Gasteiger charge is 2.44. The molecule has 3 atom stereocenters. The van der Waals surface area contributed by atoms with Crippen LogP contribution in [0, 0.1) is 0 Å². The largest absolute Gasteiger partial charge is 0.386 e. The Balaban J connectivity index is 2.04. The highest BCUT2D eigenvalue weighted by Crippen LogP contribution is 2.40. The molecule has 0 aromatic heterocycles. The predicted octanol–water partition coefficient (Wildman–Crippen LogP) is 1.67. The molecule has 0 spiro atoms. The lowest BCUT2D eigenvalue weighted by Gasteiger charge is -1.98. The van der Waals surface area contributed by atoms with Crippen molar-refractivity contribution in [3.05, 3.63) is 48.6 Å². The Morgan fingerprint density at radius 2 is 2.08 bits per heavy atom. The van der Waals surface area contributed by atoms with Crippen molar-refractivity contribution < 1.29 is 9.84 Å². The third-order valence-corrected chi connectivity index (χ3v) is 2.23. The van der Waals surface area contributed by atoms with Crippen molar-refractivity contribution >= 4 is 0 Å². The Morgan fingerprint density at radius 3 is 2.69 bits per heavy atom. The molecule has 1 aromatic rings. The zero-order valence-electron chi connectivity index (χ0n) is 7.26. The fraction of sp³-hybridized carbons (Fsp3) is 0.273. The molecular weight excluding hydrogens is 164 g/mol. The molecule has 1 unspecified atom stereocenters. The highest BCUT2D eigenvalue weighted by molar-refractivity contribution is 5.23. The van der Waals surface area contributed by atoms with Crippen LogP contribution in [-0.4, -0.2) is 17.3 Å². The minimum atomic E-state index is -0.551. The second-order valence-corrected chi connectivity index (χ2v) is 3.16. The Kier molecular flexibility index (Phi) is 2.17. The molecule has 13 heavy (non-hydrogen) atoms. The molecule has 0 aliphatic carbocycles. The van der Waals surface area contributed by atoms with Gasteiger partial charge in [-0.25, -0.2) is 0 Å². The summed E-state index contributed by atoms with van der Waals surface area (Å²) in [6.07, 6.45) is 0.910. The summed E-state index contributed by atoms with van der Waals surface area (Å²) in [4.78, 5) is 0. The number of benzene rings is 1. The first-order valence-corrected chi connectivity index (χ1v) is 4.34. The van der Waals surface area contributed by atoms with E-state index in [9.17, 15) is 5.11 Å². The monoisotopic (exact) mass is 176 g/mol. The van der Waals surface area contributed by atoms with E-state index in [-0.39, 0.29) is 12.2 Å². The molecule has 0 radical (unpaired) electrons. The summed E-state index contributed by atoms with van der Waals surface area (Å²) < 4.78 is 5.33. The number of aliphatic hydroxyl groups is 1. The molecule has 1 fully saturated rings. The number of hydrogen-bond donors (Lipinski definition) is 1. The summed E-state index contributed by atoms with van der Waals surface area (Å²) in [6, 6.07) is 9.90. The molecule has 1 N–H and O–H groups in total. The normalized spacial score (nSPS) is 28.1. The van der Waals surface area contributed by atoms with Crippen LogP contribution >= 0.6 is 0 Å². The quantitative estimate of drug-likeness (QED) is 0.561. The predicted molar refractivity (Wildman–Crippen MR) is 50.3 cm³/mol. The summed E-state index contributed by atoms with van der Waals surface area (Å²) in [6.45, 7) is 3.52. The Morgan fingerprint density at radius 1 is 1.38 bits per heavy atom. The lowest BCUT2D eigenvalue weighted by Crippen LogP contribution is -2.10. The number of rotatable bonds is 3. The minimum Gasteiger partial charge on any atom is -0.386 e. The van der Waals surface area contributed by atoms with Crippen LogP contribution in [0.2, 0.25) is 0 Å². The van der Waals surface area contributed by atoms with Crippen LogP contribution < -0.4 is 0 Å². The van der Waals surface area contributed by atoms with E-state index in [0.29, 0.717) is 0 Å². The maximum absolute atomic E-state index is 9.39. The zero-order valence-corrected chi connectivity index (χ0v) is 7.26. The van der Waals surface area contributed by atoms with Crippen LogP contribution in [-0.2, 0) is 4.74 Å².